The summed E-state index contributed by atoms with van der Waals surface area (Å²) in [4.78, 5) is 4.45. The quantitative estimate of drug-likeness (QED) is 0.906. The number of anilines is 1. The van der Waals surface area contributed by atoms with Gasteiger partial charge >= 0.3 is 0 Å². The highest BCUT2D eigenvalue weighted by atomic mass is 35.5. The van der Waals surface area contributed by atoms with Gasteiger partial charge in [-0.25, -0.2) is 4.52 Å². The van der Waals surface area contributed by atoms with Crippen molar-refractivity contribution in [3.05, 3.63) is 23.4 Å². The molecule has 2 heterocycles. The number of rotatable bonds is 2. The van der Waals surface area contributed by atoms with E-state index in [4.69, 9.17) is 11.6 Å². The minimum Gasteiger partial charge on any atom is -0.349 e. The van der Waals surface area contributed by atoms with Gasteiger partial charge in [0, 0.05) is 12.2 Å². The van der Waals surface area contributed by atoms with Gasteiger partial charge in [-0.15, -0.1) is 5.10 Å². The topological polar surface area (TPSA) is 42.2 Å². The highest BCUT2D eigenvalue weighted by Crippen LogP contribution is 2.63. The van der Waals surface area contributed by atoms with Gasteiger partial charge < -0.3 is 5.32 Å². The fraction of sp³-hybridized carbons (Fsp3) is 0.538. The Bertz CT molecular complexity index is 600. The zero-order chi connectivity index (χ0) is 13.1. The van der Waals surface area contributed by atoms with Crippen LogP contribution in [-0.4, -0.2) is 20.6 Å². The van der Waals surface area contributed by atoms with Crippen molar-refractivity contribution in [1.82, 2.24) is 14.6 Å². The van der Waals surface area contributed by atoms with Crippen molar-refractivity contribution in [1.29, 1.82) is 0 Å². The second-order valence-corrected chi connectivity index (χ2v) is 6.54. The van der Waals surface area contributed by atoms with E-state index >= 15 is 0 Å². The standard InChI is InChI=1S/C13H17ClN4/c1-12(2)10(13(12,3)4)16-11-15-9-6-5-8(14)7-18(9)17-11/h5-7,10H,1-4H3,(H,16,17). The molecule has 0 unspecified atom stereocenters. The first-order valence-electron chi connectivity index (χ1n) is 6.11. The zero-order valence-electron chi connectivity index (χ0n) is 11.0. The lowest BCUT2D eigenvalue weighted by atomic mass is 10.0. The van der Waals surface area contributed by atoms with Crippen molar-refractivity contribution in [2.75, 3.05) is 5.32 Å². The molecule has 1 aliphatic carbocycles. The van der Waals surface area contributed by atoms with Gasteiger partial charge in [0.25, 0.3) is 0 Å². The summed E-state index contributed by atoms with van der Waals surface area (Å²) in [6, 6.07) is 4.09. The molecule has 0 spiro atoms. The van der Waals surface area contributed by atoms with E-state index < -0.39 is 0 Å². The molecular weight excluding hydrogens is 248 g/mol. The van der Waals surface area contributed by atoms with Crippen LogP contribution in [0.25, 0.3) is 5.65 Å². The van der Waals surface area contributed by atoms with Crippen LogP contribution in [0, 0.1) is 10.8 Å². The first kappa shape index (κ1) is 11.8. The SMILES string of the molecule is CC1(C)C(Nc2nc3ccc(Cl)cn3n2)C1(C)C. The highest BCUT2D eigenvalue weighted by molar-refractivity contribution is 6.30. The van der Waals surface area contributed by atoms with E-state index in [2.05, 4.69) is 43.1 Å². The van der Waals surface area contributed by atoms with E-state index in [1.54, 1.807) is 10.7 Å². The third-order valence-electron chi connectivity index (χ3n) is 4.59. The number of halogens is 1. The number of nitrogens with one attached hydrogen (secondary N) is 1. The summed E-state index contributed by atoms with van der Waals surface area (Å²) >= 11 is 5.93. The molecule has 1 N–H and O–H groups in total. The monoisotopic (exact) mass is 264 g/mol. The lowest BCUT2D eigenvalue weighted by molar-refractivity contribution is 0.457. The Labute approximate surface area is 111 Å². The Balaban J connectivity index is 1.89. The predicted molar refractivity (Wildman–Crippen MR) is 73.0 cm³/mol. The maximum absolute atomic E-state index is 5.93. The molecule has 0 aliphatic heterocycles. The van der Waals surface area contributed by atoms with Gasteiger partial charge in [0.2, 0.25) is 5.95 Å². The van der Waals surface area contributed by atoms with Gasteiger partial charge in [0.05, 0.1) is 5.02 Å². The molecule has 2 aromatic heterocycles. The Morgan fingerprint density at radius 3 is 2.50 bits per heavy atom. The van der Waals surface area contributed by atoms with Crippen molar-refractivity contribution in [2.45, 2.75) is 33.7 Å². The molecule has 0 radical (unpaired) electrons. The number of hydrogen-bond donors (Lipinski definition) is 1. The molecule has 1 aliphatic rings. The molecule has 0 amide bonds. The summed E-state index contributed by atoms with van der Waals surface area (Å²) in [7, 11) is 0. The highest BCUT2D eigenvalue weighted by Gasteiger charge is 2.65. The number of aromatic nitrogens is 3. The fourth-order valence-electron chi connectivity index (χ4n) is 2.61. The smallest absolute Gasteiger partial charge is 0.243 e. The van der Waals surface area contributed by atoms with Crippen LogP contribution in [-0.2, 0) is 0 Å². The molecule has 4 nitrogen and oxygen atoms in total. The van der Waals surface area contributed by atoms with Crippen molar-refractivity contribution in [2.24, 2.45) is 10.8 Å². The maximum Gasteiger partial charge on any atom is 0.243 e. The Kier molecular flexibility index (Phi) is 2.21. The summed E-state index contributed by atoms with van der Waals surface area (Å²) < 4.78 is 1.70. The summed E-state index contributed by atoms with van der Waals surface area (Å²) in [6.07, 6.45) is 1.76. The van der Waals surface area contributed by atoms with E-state index in [1.807, 2.05) is 12.1 Å². The van der Waals surface area contributed by atoms with Crippen LogP contribution in [0.15, 0.2) is 18.3 Å². The number of pyridine rings is 1. The molecule has 18 heavy (non-hydrogen) atoms. The molecule has 0 saturated heterocycles. The van der Waals surface area contributed by atoms with Gasteiger partial charge in [-0.05, 0) is 23.0 Å². The van der Waals surface area contributed by atoms with Crippen LogP contribution in [0.1, 0.15) is 27.7 Å². The van der Waals surface area contributed by atoms with E-state index in [9.17, 15) is 0 Å². The molecule has 96 valence electrons. The van der Waals surface area contributed by atoms with E-state index in [0.717, 1.165) is 5.65 Å². The summed E-state index contributed by atoms with van der Waals surface area (Å²) in [5, 5.41) is 8.47. The molecule has 5 heteroatoms. The molecule has 0 bridgehead atoms. The molecule has 2 aromatic rings. The average Bonchev–Trinajstić information content (AvgIpc) is 2.64. The molecule has 1 saturated carbocycles. The lowest BCUT2D eigenvalue weighted by Gasteiger charge is -2.02. The van der Waals surface area contributed by atoms with Crippen LogP contribution in [0.5, 0.6) is 0 Å². The molecule has 0 aromatic carbocycles. The largest absolute Gasteiger partial charge is 0.349 e. The van der Waals surface area contributed by atoms with Crippen LogP contribution >= 0.6 is 11.6 Å². The first-order valence-corrected chi connectivity index (χ1v) is 6.48. The normalized spacial score (nSPS) is 21.2. The van der Waals surface area contributed by atoms with E-state index in [1.165, 1.54) is 0 Å². The number of fused-ring (bicyclic) bond motifs is 1. The second-order valence-electron chi connectivity index (χ2n) is 6.11. The Hall–Kier alpha value is -1.29. The molecular formula is C13H17ClN4. The van der Waals surface area contributed by atoms with Gasteiger partial charge in [0.1, 0.15) is 0 Å². The third-order valence-corrected chi connectivity index (χ3v) is 4.81. The Morgan fingerprint density at radius 2 is 1.89 bits per heavy atom. The van der Waals surface area contributed by atoms with Gasteiger partial charge in [-0.2, -0.15) is 4.98 Å². The number of hydrogen-bond acceptors (Lipinski definition) is 3. The van der Waals surface area contributed by atoms with E-state index in [0.29, 0.717) is 17.0 Å². The lowest BCUT2D eigenvalue weighted by Crippen LogP contribution is -2.11. The number of nitrogens with zero attached hydrogens (tertiary/aromatic N) is 3. The van der Waals surface area contributed by atoms with Crippen LogP contribution in [0.4, 0.5) is 5.95 Å². The minimum absolute atomic E-state index is 0.266. The Morgan fingerprint density at radius 1 is 1.22 bits per heavy atom. The average molecular weight is 265 g/mol. The van der Waals surface area contributed by atoms with Crippen LogP contribution < -0.4 is 5.32 Å². The maximum atomic E-state index is 5.93. The predicted octanol–water partition coefficient (Wildman–Crippen LogP) is 3.23. The molecule has 0 atom stereocenters. The van der Waals surface area contributed by atoms with E-state index in [-0.39, 0.29) is 10.8 Å². The van der Waals surface area contributed by atoms with Crippen molar-refractivity contribution in [3.63, 3.8) is 0 Å². The summed E-state index contributed by atoms with van der Waals surface area (Å²) in [5.74, 6) is 0.668. The van der Waals surface area contributed by atoms with Crippen LogP contribution in [0.3, 0.4) is 0 Å². The van der Waals surface area contributed by atoms with Gasteiger partial charge in [-0.3, -0.25) is 0 Å². The summed E-state index contributed by atoms with van der Waals surface area (Å²) in [6.45, 7) is 9.04. The van der Waals surface area contributed by atoms with Gasteiger partial charge in [0.15, 0.2) is 5.65 Å². The van der Waals surface area contributed by atoms with Crippen molar-refractivity contribution >= 4 is 23.2 Å². The van der Waals surface area contributed by atoms with Crippen molar-refractivity contribution in [3.8, 4) is 0 Å². The minimum atomic E-state index is 0.266. The second kappa shape index (κ2) is 3.38. The third kappa shape index (κ3) is 1.52. The van der Waals surface area contributed by atoms with Gasteiger partial charge in [-0.1, -0.05) is 39.3 Å². The van der Waals surface area contributed by atoms with Crippen LogP contribution in [0.2, 0.25) is 5.02 Å². The zero-order valence-corrected chi connectivity index (χ0v) is 11.8. The summed E-state index contributed by atoms with van der Waals surface area (Å²) in [5.41, 5.74) is 1.34. The molecule has 1 fully saturated rings. The fourth-order valence-corrected chi connectivity index (χ4v) is 2.76. The molecule has 3 rings (SSSR count). The van der Waals surface area contributed by atoms with Crippen molar-refractivity contribution < 1.29 is 0 Å². The first-order chi connectivity index (χ1) is 8.32.